The molecule has 1 aliphatic rings. The molecule has 143 heavy (non-hydrogen) atoms. The molecular formula is C90H69ClF3N21O23S5. The van der Waals surface area contributed by atoms with Crippen LogP contribution < -0.4 is 56.2 Å². The van der Waals surface area contributed by atoms with E-state index >= 15 is 0 Å². The molecule has 0 radical (unpaired) electrons. The summed E-state index contributed by atoms with van der Waals surface area (Å²) in [6.07, 6.45) is -2.64. The lowest BCUT2D eigenvalue weighted by Crippen LogP contribution is -2.17. The van der Waals surface area contributed by atoms with E-state index in [0.29, 0.717) is 94.6 Å². The zero-order valence-electron chi connectivity index (χ0n) is 75.0. The van der Waals surface area contributed by atoms with E-state index < -0.39 is 105 Å². The van der Waals surface area contributed by atoms with Crippen LogP contribution in [-0.4, -0.2) is 194 Å². The van der Waals surface area contributed by atoms with Crippen LogP contribution in [0.3, 0.4) is 0 Å². The Labute approximate surface area is 804 Å². The first-order chi connectivity index (χ1) is 67.9. The third kappa shape index (κ3) is 18.1. The number of H-pyrrole nitrogens is 5. The Morgan fingerprint density at radius 2 is 0.657 bits per heavy atom. The molecule has 6 N–H and O–H groups in total. The number of carbonyl (C=O) groups is 1. The van der Waals surface area contributed by atoms with Gasteiger partial charge in [-0.25, -0.2) is 95.5 Å². The first-order valence-electron chi connectivity index (χ1n) is 41.5. The maximum atomic E-state index is 13.2. The monoisotopic (exact) mass is 2060 g/mol. The number of fused-ring (bicyclic) bond motifs is 15. The topological polar surface area (TPSA) is 602 Å². The minimum atomic E-state index is -4.92. The summed E-state index contributed by atoms with van der Waals surface area (Å²) in [5.74, 6) is 1.21. The minimum absolute atomic E-state index is 0.00675. The van der Waals surface area contributed by atoms with Crippen LogP contribution in [0.1, 0.15) is 62.5 Å². The quantitative estimate of drug-likeness (QED) is 0.0465. The Bertz CT molecular complexity index is 9760. The molecule has 1 aliphatic carbocycles. The number of hydrogen-bond donors (Lipinski definition) is 6. The molecule has 730 valence electrons. The smallest absolute Gasteiger partial charge is 0.497 e. The number of nitriles is 1. The number of halogens is 4. The van der Waals surface area contributed by atoms with Crippen molar-refractivity contribution in [2.75, 3.05) is 35.5 Å². The Kier molecular flexibility index (Phi) is 25.4. The molecule has 0 spiro atoms. The lowest BCUT2D eigenvalue weighted by Gasteiger charge is -2.11. The van der Waals surface area contributed by atoms with Crippen LogP contribution in [0.15, 0.2) is 262 Å². The Morgan fingerprint density at radius 3 is 0.930 bits per heavy atom. The minimum Gasteiger partial charge on any atom is -0.497 e. The molecule has 0 atom stereocenters. The van der Waals surface area contributed by atoms with Crippen LogP contribution in [-0.2, 0) is 49.2 Å². The number of carboxylic acid groups (broad SMARTS) is 1. The number of sulfone groups is 5. The summed E-state index contributed by atoms with van der Waals surface area (Å²) in [6.45, 7) is 6.01. The predicted molar refractivity (Wildman–Crippen MR) is 502 cm³/mol. The summed E-state index contributed by atoms with van der Waals surface area (Å²) in [4.78, 5) is 92.4. The number of aromatic amines is 5. The molecule has 10 aromatic carbocycles. The van der Waals surface area contributed by atoms with E-state index in [1.54, 1.807) is 105 Å². The number of alkyl halides is 3. The molecule has 21 rings (SSSR count). The second-order valence-electron chi connectivity index (χ2n) is 31.5. The number of methoxy groups -OCH3 is 5. The van der Waals surface area contributed by atoms with Gasteiger partial charge in [-0.15, -0.1) is 38.7 Å². The van der Waals surface area contributed by atoms with Crippen LogP contribution >= 0.6 is 11.6 Å². The standard InChI is InChI=1S/C19H16N4O4S.C18H13F3N4O5S.C18H13N5O4S.C18H14N4O6S.C17H13ClN4O4S/c1-27-13-6-9-15-16(10-13)23-17(20-18(15)24)19(21-22-23)28(25,26)14-7-4-12(5-8-14)11-2-3-11;1-9-7-11(30-18(19,20)21)4-6-14(9)31(27,28)17-15-22-16(26)12-5-3-10(29-2)8-13(12)25(15)24-23-17;1-10-7-11(9-19)3-6-15(10)28(25,26)18-16-20-17(24)13-5-4-12(27-2)8-14(13)23(16)22-21-18;1-9-7-10(18(24)25)3-6-14(9)29(26,27)17-15-19-16(23)12-5-4-11(28-2)8-13(12)22(15)21-20-17;1-9-7-10(18)3-6-14(9)27(24,25)17-15-19-16(23)12-5-4-11(26-2)8-13(12)22(15)21-20-17/h4-11,22H,2-3H2,1H3;3-8,24H,1-2H3;3-8,22H,1-2H3;3-8,21H,1-2H3,(H,24,25);3-8,21H,1-2H3. The SMILES string of the molecule is COc1ccc2c(=O)nc3c(S(=O)(=O)c4ccc(C#N)cc4C)n[nH]n3c2c1.COc1ccc2c(=O)nc3c(S(=O)(=O)c4ccc(C(=O)O)cc4C)n[nH]n3c2c1.COc1ccc2c(=O)nc3c(S(=O)(=O)c4ccc(C5CC5)cc4)n[nH]n3c2c1.COc1ccc2c(=O)nc3c(S(=O)(=O)c4ccc(Cl)cc4C)n[nH]n3c2c1.COc1ccc2c(=O)nc3c(S(=O)(=O)c4ccc(OC(F)(F)F)cc4C)n[nH]n3c2c1. The second-order valence-corrected chi connectivity index (χ2v) is 41.1. The molecule has 20 aromatic rings. The van der Waals surface area contributed by atoms with Gasteiger partial charge in [0.05, 0.1) is 132 Å². The summed E-state index contributed by atoms with van der Waals surface area (Å²) in [5, 5.41) is 50.4. The van der Waals surface area contributed by atoms with Crippen LogP contribution in [0.2, 0.25) is 5.02 Å². The summed E-state index contributed by atoms with van der Waals surface area (Å²) in [5.41, 5.74) is 0.764. The molecule has 10 heterocycles. The molecule has 0 amide bonds. The van der Waals surface area contributed by atoms with E-state index in [9.17, 15) is 84.0 Å². The first kappa shape index (κ1) is 97.5. The van der Waals surface area contributed by atoms with Gasteiger partial charge in [-0.1, -0.05) is 23.7 Å². The van der Waals surface area contributed by atoms with Crippen molar-refractivity contribution >= 4 is 150 Å². The number of nitrogens with one attached hydrogen (secondary N) is 5. The van der Waals surface area contributed by atoms with Gasteiger partial charge in [-0.05, 0) is 220 Å². The van der Waals surface area contributed by atoms with Crippen molar-refractivity contribution in [3.05, 3.63) is 284 Å². The summed E-state index contributed by atoms with van der Waals surface area (Å²) >= 11 is 5.92. The van der Waals surface area contributed by atoms with Crippen LogP contribution in [0.25, 0.3) is 82.8 Å². The maximum Gasteiger partial charge on any atom is 0.573 e. The molecular weight excluding hydrogens is 2000 g/mol. The largest absolute Gasteiger partial charge is 0.573 e. The van der Waals surface area contributed by atoms with Crippen LogP contribution in [0, 0.1) is 39.0 Å². The zero-order valence-corrected chi connectivity index (χ0v) is 79.9. The average Bonchev–Trinajstić information content (AvgIpc) is 1.63. The van der Waals surface area contributed by atoms with Gasteiger partial charge in [0.15, 0.2) is 28.2 Å². The number of hydrogen-bond acceptors (Lipinski definition) is 33. The first-order valence-corrected chi connectivity index (χ1v) is 49.3. The zero-order chi connectivity index (χ0) is 102. The number of aromatic nitrogens is 20. The third-order valence-electron chi connectivity index (χ3n) is 22.6. The van der Waals surface area contributed by atoms with E-state index in [0.717, 1.165) is 36.6 Å². The number of ether oxygens (including phenoxy) is 6. The highest BCUT2D eigenvalue weighted by Gasteiger charge is 2.37. The van der Waals surface area contributed by atoms with Crippen molar-refractivity contribution in [2.24, 2.45) is 0 Å². The van der Waals surface area contributed by atoms with E-state index in [1.165, 1.54) is 139 Å². The summed E-state index contributed by atoms with van der Waals surface area (Å²) < 4.78 is 205. The van der Waals surface area contributed by atoms with Crippen molar-refractivity contribution in [1.82, 2.24) is 99.1 Å². The number of aryl methyl sites for hydroxylation is 4. The molecule has 10 aromatic heterocycles. The Morgan fingerprint density at radius 1 is 0.378 bits per heavy atom. The number of aromatic carboxylic acids is 1. The second kappa shape index (κ2) is 37.2. The lowest BCUT2D eigenvalue weighted by molar-refractivity contribution is -0.274. The number of benzene rings is 10. The van der Waals surface area contributed by atoms with Crippen molar-refractivity contribution < 1.29 is 93.6 Å². The van der Waals surface area contributed by atoms with E-state index in [1.807, 2.05) is 18.2 Å². The fourth-order valence-corrected chi connectivity index (χ4v) is 22.9. The molecule has 1 fully saturated rings. The maximum absolute atomic E-state index is 13.2. The molecule has 0 aliphatic heterocycles. The molecule has 1 saturated carbocycles. The van der Waals surface area contributed by atoms with Crippen molar-refractivity contribution in [3.8, 4) is 40.6 Å². The fourth-order valence-electron chi connectivity index (χ4n) is 15.5. The normalized spacial score (nSPS) is 12.5. The Balaban J connectivity index is 0.000000123. The molecule has 0 saturated heterocycles. The van der Waals surface area contributed by atoms with Gasteiger partial charge in [-0.3, -0.25) is 24.0 Å². The van der Waals surface area contributed by atoms with Gasteiger partial charge in [-0.2, -0.15) is 30.2 Å². The summed E-state index contributed by atoms with van der Waals surface area (Å²) in [6, 6.07) is 47.5. The lowest BCUT2D eigenvalue weighted by atomic mass is 10.1. The van der Waals surface area contributed by atoms with Gasteiger partial charge >= 0.3 is 12.3 Å². The van der Waals surface area contributed by atoms with Gasteiger partial charge < -0.3 is 33.5 Å². The predicted octanol–water partition coefficient (Wildman–Crippen LogP) is 10.3. The molecule has 0 unspecified atom stereocenters. The van der Waals surface area contributed by atoms with Crippen molar-refractivity contribution in [2.45, 2.75) is 102 Å². The van der Waals surface area contributed by atoms with Gasteiger partial charge in [0.2, 0.25) is 74.3 Å². The van der Waals surface area contributed by atoms with Gasteiger partial charge in [0, 0.05) is 35.4 Å². The molecule has 44 nitrogen and oxygen atoms in total. The summed E-state index contributed by atoms with van der Waals surface area (Å²) in [7, 11) is -13.2. The average molecular weight is 2070 g/mol. The molecule has 53 heteroatoms. The van der Waals surface area contributed by atoms with Gasteiger partial charge in [0.1, 0.15) is 34.5 Å². The Hall–Kier alpha value is -17.2. The number of rotatable bonds is 18. The molecule has 0 bridgehead atoms. The highest BCUT2D eigenvalue weighted by atomic mass is 35.5. The van der Waals surface area contributed by atoms with Crippen molar-refractivity contribution in [3.63, 3.8) is 0 Å². The highest BCUT2D eigenvalue weighted by Crippen LogP contribution is 2.41. The van der Waals surface area contributed by atoms with E-state index in [4.69, 9.17) is 45.7 Å². The van der Waals surface area contributed by atoms with Crippen LogP contribution in [0.5, 0.6) is 34.5 Å². The number of carboxylic acids is 1. The van der Waals surface area contributed by atoms with Gasteiger partial charge in [0.25, 0.3) is 27.8 Å². The fraction of sp³-hybridized carbons (Fsp3) is 0.144. The number of nitrogens with zero attached hydrogens (tertiary/aromatic N) is 16. The van der Waals surface area contributed by atoms with E-state index in [2.05, 4.69) is 81.2 Å². The third-order valence-corrected chi connectivity index (χ3v) is 31.8. The van der Waals surface area contributed by atoms with Crippen LogP contribution in [0.4, 0.5) is 13.2 Å². The highest BCUT2D eigenvalue weighted by molar-refractivity contribution is 7.92. The van der Waals surface area contributed by atoms with E-state index in [-0.39, 0.29) is 101 Å². The van der Waals surface area contributed by atoms with Crippen molar-refractivity contribution in [1.29, 1.82) is 5.26 Å².